The van der Waals surface area contributed by atoms with Crippen molar-refractivity contribution in [1.82, 2.24) is 10.3 Å². The first-order valence-corrected chi connectivity index (χ1v) is 7.28. The lowest BCUT2D eigenvalue weighted by atomic mass is 9.96. The lowest BCUT2D eigenvalue weighted by Crippen LogP contribution is -2.51. The fourth-order valence-corrected chi connectivity index (χ4v) is 1.97. The Hall–Kier alpha value is -1.62. The van der Waals surface area contributed by atoms with Gasteiger partial charge in [0.05, 0.1) is 5.54 Å². The van der Waals surface area contributed by atoms with Gasteiger partial charge in [-0.1, -0.05) is 19.4 Å². The number of pyridine rings is 1. The fourth-order valence-electron chi connectivity index (χ4n) is 1.97. The molecule has 0 saturated carbocycles. The molecule has 0 radical (unpaired) electrons. The Morgan fingerprint density at radius 3 is 2.75 bits per heavy atom. The number of carbonyl (C=O) groups is 1. The zero-order valence-corrected chi connectivity index (χ0v) is 12.5. The van der Waals surface area contributed by atoms with Crippen molar-refractivity contribution in [3.8, 4) is 0 Å². The third kappa shape index (κ3) is 6.02. The molecule has 0 fully saturated rings. The molecule has 0 aromatic carbocycles. The largest absolute Gasteiger partial charge is 0.370 e. The normalized spacial score (nSPS) is 13.6. The van der Waals surface area contributed by atoms with Crippen molar-refractivity contribution in [3.05, 3.63) is 24.4 Å². The molecule has 0 saturated heterocycles. The van der Waals surface area contributed by atoms with Crippen molar-refractivity contribution >= 4 is 11.7 Å². The van der Waals surface area contributed by atoms with Gasteiger partial charge in [-0.25, -0.2) is 4.98 Å². The highest BCUT2D eigenvalue weighted by molar-refractivity contribution is 5.85. The molecule has 112 valence electrons. The topological polar surface area (TPSA) is 80.0 Å². The summed E-state index contributed by atoms with van der Waals surface area (Å²) in [4.78, 5) is 16.0. The Morgan fingerprint density at radius 1 is 1.35 bits per heavy atom. The SMILES string of the molecule is CCCC(C)(N)C(=O)NCCCCNc1ccccn1. The molecular formula is C15H26N4O. The Bertz CT molecular complexity index is 392. The maximum Gasteiger partial charge on any atom is 0.239 e. The Balaban J connectivity index is 2.09. The van der Waals surface area contributed by atoms with Crippen molar-refractivity contribution in [2.45, 2.75) is 45.1 Å². The van der Waals surface area contributed by atoms with Gasteiger partial charge in [0.15, 0.2) is 0 Å². The van der Waals surface area contributed by atoms with E-state index in [4.69, 9.17) is 5.73 Å². The van der Waals surface area contributed by atoms with E-state index < -0.39 is 5.54 Å². The second-order valence-electron chi connectivity index (χ2n) is 5.27. The van der Waals surface area contributed by atoms with E-state index in [1.54, 1.807) is 13.1 Å². The molecule has 1 unspecified atom stereocenters. The molecule has 4 N–H and O–H groups in total. The van der Waals surface area contributed by atoms with E-state index in [2.05, 4.69) is 15.6 Å². The summed E-state index contributed by atoms with van der Waals surface area (Å²) in [5.41, 5.74) is 5.21. The highest BCUT2D eigenvalue weighted by Crippen LogP contribution is 2.08. The summed E-state index contributed by atoms with van der Waals surface area (Å²) < 4.78 is 0. The third-order valence-corrected chi connectivity index (χ3v) is 3.15. The van der Waals surface area contributed by atoms with Gasteiger partial charge in [-0.05, 0) is 38.3 Å². The van der Waals surface area contributed by atoms with Crippen LogP contribution in [-0.2, 0) is 4.79 Å². The van der Waals surface area contributed by atoms with Gasteiger partial charge in [0.25, 0.3) is 0 Å². The molecule has 0 aliphatic heterocycles. The van der Waals surface area contributed by atoms with E-state index in [0.29, 0.717) is 13.0 Å². The first kappa shape index (κ1) is 16.4. The average molecular weight is 278 g/mol. The van der Waals surface area contributed by atoms with E-state index in [-0.39, 0.29) is 5.91 Å². The monoisotopic (exact) mass is 278 g/mol. The maximum absolute atomic E-state index is 11.8. The minimum atomic E-state index is -0.749. The Morgan fingerprint density at radius 2 is 2.10 bits per heavy atom. The van der Waals surface area contributed by atoms with E-state index in [1.807, 2.05) is 25.1 Å². The summed E-state index contributed by atoms with van der Waals surface area (Å²) in [6.45, 7) is 5.33. The van der Waals surface area contributed by atoms with Crippen LogP contribution in [-0.4, -0.2) is 29.5 Å². The van der Waals surface area contributed by atoms with Crippen molar-refractivity contribution < 1.29 is 4.79 Å². The van der Waals surface area contributed by atoms with Crippen LogP contribution < -0.4 is 16.4 Å². The summed E-state index contributed by atoms with van der Waals surface area (Å²) in [5, 5.41) is 6.13. The summed E-state index contributed by atoms with van der Waals surface area (Å²) in [5.74, 6) is 0.825. The van der Waals surface area contributed by atoms with E-state index in [0.717, 1.165) is 31.6 Å². The molecule has 1 atom stereocenters. The molecule has 1 aromatic heterocycles. The number of nitrogens with two attached hydrogens (primary N) is 1. The number of hydrogen-bond acceptors (Lipinski definition) is 4. The summed E-state index contributed by atoms with van der Waals surface area (Å²) in [6, 6.07) is 5.78. The quantitative estimate of drug-likeness (QED) is 0.603. The van der Waals surface area contributed by atoms with Gasteiger partial charge in [0.1, 0.15) is 5.82 Å². The minimum Gasteiger partial charge on any atom is -0.370 e. The summed E-state index contributed by atoms with van der Waals surface area (Å²) >= 11 is 0. The number of nitrogens with one attached hydrogen (secondary N) is 2. The number of hydrogen-bond donors (Lipinski definition) is 3. The van der Waals surface area contributed by atoms with Gasteiger partial charge < -0.3 is 16.4 Å². The van der Waals surface area contributed by atoms with Gasteiger partial charge >= 0.3 is 0 Å². The van der Waals surface area contributed by atoms with Crippen LogP contribution in [0.5, 0.6) is 0 Å². The van der Waals surface area contributed by atoms with Gasteiger partial charge in [0, 0.05) is 19.3 Å². The molecule has 5 heteroatoms. The molecule has 0 spiro atoms. The lowest BCUT2D eigenvalue weighted by Gasteiger charge is -2.22. The molecule has 20 heavy (non-hydrogen) atoms. The van der Waals surface area contributed by atoms with Crippen LogP contribution in [0.1, 0.15) is 39.5 Å². The summed E-state index contributed by atoms with van der Waals surface area (Å²) in [6.07, 6.45) is 5.28. The number of anilines is 1. The molecule has 1 heterocycles. The molecule has 1 rings (SSSR count). The summed E-state index contributed by atoms with van der Waals surface area (Å²) in [7, 11) is 0. The van der Waals surface area contributed by atoms with Gasteiger partial charge in [-0.2, -0.15) is 0 Å². The van der Waals surface area contributed by atoms with Crippen molar-refractivity contribution in [3.63, 3.8) is 0 Å². The number of nitrogens with zero attached hydrogens (tertiary/aromatic N) is 1. The predicted octanol–water partition coefficient (Wildman–Crippen LogP) is 1.91. The van der Waals surface area contributed by atoms with Crippen LogP contribution >= 0.6 is 0 Å². The van der Waals surface area contributed by atoms with Gasteiger partial charge in [0.2, 0.25) is 5.91 Å². The molecule has 0 aliphatic carbocycles. The highest BCUT2D eigenvalue weighted by Gasteiger charge is 2.26. The molecule has 5 nitrogen and oxygen atoms in total. The fraction of sp³-hybridized carbons (Fsp3) is 0.600. The molecule has 0 aliphatic rings. The van der Waals surface area contributed by atoms with Crippen LogP contribution in [0.15, 0.2) is 24.4 Å². The number of amides is 1. The molecular weight excluding hydrogens is 252 g/mol. The molecule has 1 aromatic rings. The van der Waals surface area contributed by atoms with Crippen molar-refractivity contribution in [2.75, 3.05) is 18.4 Å². The van der Waals surface area contributed by atoms with Crippen LogP contribution in [0.3, 0.4) is 0 Å². The highest BCUT2D eigenvalue weighted by atomic mass is 16.2. The van der Waals surface area contributed by atoms with Crippen LogP contribution in [0.4, 0.5) is 5.82 Å². The smallest absolute Gasteiger partial charge is 0.239 e. The van der Waals surface area contributed by atoms with Crippen LogP contribution in [0.2, 0.25) is 0 Å². The zero-order chi connectivity index (χ0) is 14.8. The van der Waals surface area contributed by atoms with Crippen LogP contribution in [0, 0.1) is 0 Å². The van der Waals surface area contributed by atoms with Crippen molar-refractivity contribution in [2.24, 2.45) is 5.73 Å². The maximum atomic E-state index is 11.8. The number of unbranched alkanes of at least 4 members (excludes halogenated alkanes) is 1. The first-order valence-electron chi connectivity index (χ1n) is 7.28. The van der Waals surface area contributed by atoms with Crippen LogP contribution in [0.25, 0.3) is 0 Å². The van der Waals surface area contributed by atoms with E-state index in [1.165, 1.54) is 0 Å². The minimum absolute atomic E-state index is 0.0583. The van der Waals surface area contributed by atoms with E-state index >= 15 is 0 Å². The molecule has 1 amide bonds. The second kappa shape index (κ2) is 8.53. The first-order chi connectivity index (χ1) is 9.56. The number of rotatable bonds is 9. The van der Waals surface area contributed by atoms with Gasteiger partial charge in [-0.3, -0.25) is 4.79 Å². The number of aromatic nitrogens is 1. The lowest BCUT2D eigenvalue weighted by molar-refractivity contribution is -0.126. The standard InChI is InChI=1S/C15H26N4O/c1-3-9-15(2,16)14(20)19-12-7-6-11-18-13-8-4-5-10-17-13/h4-5,8,10H,3,6-7,9,11-12,16H2,1-2H3,(H,17,18)(H,19,20). The third-order valence-electron chi connectivity index (χ3n) is 3.15. The van der Waals surface area contributed by atoms with Crippen molar-refractivity contribution in [1.29, 1.82) is 0 Å². The number of carbonyl (C=O) groups excluding carboxylic acids is 1. The average Bonchev–Trinajstić information content (AvgIpc) is 2.43. The van der Waals surface area contributed by atoms with E-state index in [9.17, 15) is 4.79 Å². The Labute approximate surface area is 121 Å². The predicted molar refractivity (Wildman–Crippen MR) is 82.5 cm³/mol. The van der Waals surface area contributed by atoms with Gasteiger partial charge in [-0.15, -0.1) is 0 Å². The zero-order valence-electron chi connectivity index (χ0n) is 12.5. The Kier molecular flexibility index (Phi) is 7.01. The molecule has 0 bridgehead atoms. The second-order valence-corrected chi connectivity index (χ2v) is 5.27.